The van der Waals surface area contributed by atoms with Crippen LogP contribution < -0.4 is 0 Å². The number of hydrogen-bond acceptors (Lipinski definition) is 3. The first-order valence-electron chi connectivity index (χ1n) is 6.20. The molecule has 2 rings (SSSR count). The summed E-state index contributed by atoms with van der Waals surface area (Å²) in [5, 5.41) is 10.3. The van der Waals surface area contributed by atoms with E-state index in [2.05, 4.69) is 6.92 Å². The van der Waals surface area contributed by atoms with Gasteiger partial charge in [0.1, 0.15) is 0 Å². The molecule has 0 aromatic carbocycles. The van der Waals surface area contributed by atoms with Crippen LogP contribution in [0, 0.1) is 11.8 Å². The Bertz CT molecular complexity index is 189. The smallest absolute Gasteiger partial charge is 0.0644 e. The third-order valence-electron chi connectivity index (χ3n) is 3.78. The topological polar surface area (TPSA) is 38.7 Å². The zero-order chi connectivity index (χ0) is 10.7. The predicted octanol–water partition coefficient (Wildman–Crippen LogP) is 1.59. The summed E-state index contributed by atoms with van der Waals surface area (Å²) in [5.41, 5.74) is 0. The van der Waals surface area contributed by atoms with E-state index in [9.17, 15) is 5.11 Å². The quantitative estimate of drug-likeness (QED) is 0.775. The summed E-state index contributed by atoms with van der Waals surface area (Å²) in [6.07, 6.45) is 4.26. The number of rotatable bonds is 3. The van der Waals surface area contributed by atoms with Crippen molar-refractivity contribution in [2.75, 3.05) is 19.8 Å². The Balaban J connectivity index is 1.90. The van der Waals surface area contributed by atoms with E-state index in [1.54, 1.807) is 0 Å². The van der Waals surface area contributed by atoms with Gasteiger partial charge in [0, 0.05) is 25.0 Å². The Morgan fingerprint density at radius 3 is 2.87 bits per heavy atom. The van der Waals surface area contributed by atoms with Crippen LogP contribution in [0.4, 0.5) is 0 Å². The second kappa shape index (κ2) is 5.28. The third kappa shape index (κ3) is 2.52. The molecule has 2 aliphatic rings. The first-order chi connectivity index (χ1) is 7.33. The van der Waals surface area contributed by atoms with Crippen molar-refractivity contribution in [1.82, 2.24) is 0 Å². The average Bonchev–Trinajstić information content (AvgIpc) is 2.77. The standard InChI is InChI=1S/C12H22O3/c1-2-11-10(5-7-15-11)12(13)9-4-3-6-14-8-9/h9-13H,2-8H2,1H3. The molecule has 2 fully saturated rings. The van der Waals surface area contributed by atoms with Gasteiger partial charge in [0.05, 0.1) is 18.8 Å². The van der Waals surface area contributed by atoms with E-state index >= 15 is 0 Å². The Labute approximate surface area is 91.8 Å². The van der Waals surface area contributed by atoms with Gasteiger partial charge >= 0.3 is 0 Å². The molecular weight excluding hydrogens is 192 g/mol. The van der Waals surface area contributed by atoms with Crippen molar-refractivity contribution < 1.29 is 14.6 Å². The Morgan fingerprint density at radius 2 is 2.20 bits per heavy atom. The Kier molecular flexibility index (Phi) is 4.00. The predicted molar refractivity (Wildman–Crippen MR) is 57.7 cm³/mol. The Hall–Kier alpha value is -0.120. The monoisotopic (exact) mass is 214 g/mol. The molecule has 4 atom stereocenters. The van der Waals surface area contributed by atoms with Gasteiger partial charge in [-0.15, -0.1) is 0 Å². The minimum atomic E-state index is -0.224. The van der Waals surface area contributed by atoms with E-state index < -0.39 is 0 Å². The maximum absolute atomic E-state index is 10.3. The normalized spacial score (nSPS) is 39.2. The summed E-state index contributed by atoms with van der Waals surface area (Å²) in [5.74, 6) is 0.668. The van der Waals surface area contributed by atoms with Crippen molar-refractivity contribution in [3.63, 3.8) is 0 Å². The van der Waals surface area contributed by atoms with Gasteiger partial charge in [0.2, 0.25) is 0 Å². The molecule has 0 bridgehead atoms. The number of aliphatic hydroxyl groups is 1. The lowest BCUT2D eigenvalue weighted by molar-refractivity contribution is -0.0495. The maximum atomic E-state index is 10.3. The maximum Gasteiger partial charge on any atom is 0.0644 e. The van der Waals surface area contributed by atoms with Crippen molar-refractivity contribution in [3.8, 4) is 0 Å². The number of aliphatic hydroxyl groups excluding tert-OH is 1. The lowest BCUT2D eigenvalue weighted by atomic mass is 9.83. The van der Waals surface area contributed by atoms with E-state index in [1.807, 2.05) is 0 Å². The molecule has 3 nitrogen and oxygen atoms in total. The van der Waals surface area contributed by atoms with Gasteiger partial charge in [-0.1, -0.05) is 6.92 Å². The molecule has 1 N–H and O–H groups in total. The highest BCUT2D eigenvalue weighted by Gasteiger charge is 2.37. The summed E-state index contributed by atoms with van der Waals surface area (Å²) in [7, 11) is 0. The van der Waals surface area contributed by atoms with Crippen molar-refractivity contribution in [3.05, 3.63) is 0 Å². The van der Waals surface area contributed by atoms with Crippen LogP contribution in [-0.4, -0.2) is 37.1 Å². The molecule has 0 radical (unpaired) electrons. The fourth-order valence-electron chi connectivity index (χ4n) is 2.86. The molecule has 2 aliphatic heterocycles. The van der Waals surface area contributed by atoms with Gasteiger partial charge < -0.3 is 14.6 Å². The van der Waals surface area contributed by atoms with Crippen LogP contribution in [0.25, 0.3) is 0 Å². The zero-order valence-electron chi connectivity index (χ0n) is 9.52. The van der Waals surface area contributed by atoms with Crippen molar-refractivity contribution in [2.24, 2.45) is 11.8 Å². The molecule has 0 aromatic heterocycles. The van der Waals surface area contributed by atoms with Crippen LogP contribution in [0.1, 0.15) is 32.6 Å². The van der Waals surface area contributed by atoms with E-state index in [0.29, 0.717) is 11.8 Å². The van der Waals surface area contributed by atoms with E-state index in [-0.39, 0.29) is 12.2 Å². The second-order valence-electron chi connectivity index (χ2n) is 4.74. The number of hydrogen-bond donors (Lipinski definition) is 1. The van der Waals surface area contributed by atoms with Gasteiger partial charge in [-0.3, -0.25) is 0 Å². The molecule has 4 unspecified atom stereocenters. The fourth-order valence-corrected chi connectivity index (χ4v) is 2.86. The molecule has 88 valence electrons. The van der Waals surface area contributed by atoms with E-state index in [4.69, 9.17) is 9.47 Å². The van der Waals surface area contributed by atoms with Crippen molar-refractivity contribution in [2.45, 2.75) is 44.8 Å². The minimum Gasteiger partial charge on any atom is -0.392 e. The first kappa shape index (κ1) is 11.4. The molecule has 0 aliphatic carbocycles. The van der Waals surface area contributed by atoms with Crippen LogP contribution in [0.2, 0.25) is 0 Å². The molecule has 2 heterocycles. The molecule has 0 spiro atoms. The molecular formula is C12H22O3. The summed E-state index contributed by atoms with van der Waals surface area (Å²) in [6.45, 7) is 4.54. The highest BCUT2D eigenvalue weighted by atomic mass is 16.5. The van der Waals surface area contributed by atoms with Crippen molar-refractivity contribution in [1.29, 1.82) is 0 Å². The molecule has 15 heavy (non-hydrogen) atoms. The molecule has 0 aromatic rings. The first-order valence-corrected chi connectivity index (χ1v) is 6.20. The summed E-state index contributed by atoms with van der Waals surface area (Å²) < 4.78 is 11.1. The van der Waals surface area contributed by atoms with Gasteiger partial charge in [0.15, 0.2) is 0 Å². The van der Waals surface area contributed by atoms with E-state index in [0.717, 1.165) is 45.5 Å². The van der Waals surface area contributed by atoms with Gasteiger partial charge in [-0.05, 0) is 25.7 Å². The van der Waals surface area contributed by atoms with Crippen LogP contribution in [-0.2, 0) is 9.47 Å². The molecule has 3 heteroatoms. The van der Waals surface area contributed by atoms with Crippen LogP contribution in [0.5, 0.6) is 0 Å². The number of ether oxygens (including phenoxy) is 2. The molecule has 2 saturated heterocycles. The minimum absolute atomic E-state index is 0.224. The second-order valence-corrected chi connectivity index (χ2v) is 4.74. The van der Waals surface area contributed by atoms with Crippen LogP contribution in [0.3, 0.4) is 0 Å². The fraction of sp³-hybridized carbons (Fsp3) is 1.00. The Morgan fingerprint density at radius 1 is 1.33 bits per heavy atom. The van der Waals surface area contributed by atoms with Gasteiger partial charge in [0.25, 0.3) is 0 Å². The van der Waals surface area contributed by atoms with Crippen molar-refractivity contribution >= 4 is 0 Å². The lowest BCUT2D eigenvalue weighted by Gasteiger charge is -2.32. The molecule has 0 amide bonds. The van der Waals surface area contributed by atoms with Gasteiger partial charge in [-0.25, -0.2) is 0 Å². The summed E-state index contributed by atoms with van der Waals surface area (Å²) in [6, 6.07) is 0. The van der Waals surface area contributed by atoms with Crippen LogP contribution >= 0.6 is 0 Å². The highest BCUT2D eigenvalue weighted by molar-refractivity contribution is 4.86. The average molecular weight is 214 g/mol. The third-order valence-corrected chi connectivity index (χ3v) is 3.78. The largest absolute Gasteiger partial charge is 0.392 e. The zero-order valence-corrected chi connectivity index (χ0v) is 9.52. The highest BCUT2D eigenvalue weighted by Crippen LogP contribution is 2.32. The van der Waals surface area contributed by atoms with E-state index in [1.165, 1.54) is 0 Å². The van der Waals surface area contributed by atoms with Crippen LogP contribution in [0.15, 0.2) is 0 Å². The summed E-state index contributed by atoms with van der Waals surface area (Å²) in [4.78, 5) is 0. The SMILES string of the molecule is CCC1OCCC1C(O)C1CCCOC1. The molecule has 0 saturated carbocycles. The lowest BCUT2D eigenvalue weighted by Crippen LogP contribution is -2.38. The summed E-state index contributed by atoms with van der Waals surface area (Å²) >= 11 is 0. The van der Waals surface area contributed by atoms with Gasteiger partial charge in [-0.2, -0.15) is 0 Å².